The number of pyridine rings is 1. The van der Waals surface area contributed by atoms with Gasteiger partial charge in [-0.1, -0.05) is 6.07 Å². The monoisotopic (exact) mass is 287 g/mol. The van der Waals surface area contributed by atoms with E-state index in [0.717, 1.165) is 19.3 Å². The largest absolute Gasteiger partial charge is 0.388 e. The molecule has 0 aromatic carbocycles. The third-order valence-electron chi connectivity index (χ3n) is 3.67. The van der Waals surface area contributed by atoms with Crippen LogP contribution in [0.2, 0.25) is 0 Å². The molecule has 2 heterocycles. The lowest BCUT2D eigenvalue weighted by Gasteiger charge is -2.36. The summed E-state index contributed by atoms with van der Waals surface area (Å²) in [5.74, 6) is 0. The zero-order valence-corrected chi connectivity index (χ0v) is 11.5. The molecule has 0 spiro atoms. The number of aliphatic hydroxyl groups is 1. The molecule has 7 heteroatoms. The van der Waals surface area contributed by atoms with Crippen molar-refractivity contribution in [1.29, 1.82) is 0 Å². The lowest BCUT2D eigenvalue weighted by atomic mass is 9.80. The minimum atomic E-state index is -0.739. The average Bonchev–Trinajstić information content (AvgIpc) is 2.92. The molecule has 2 aromatic rings. The van der Waals surface area contributed by atoms with Crippen LogP contribution in [0, 0.1) is 0 Å². The van der Waals surface area contributed by atoms with Gasteiger partial charge < -0.3 is 15.7 Å². The number of H-pyrrole nitrogens is 1. The molecule has 1 aliphatic carbocycles. The zero-order chi connectivity index (χ0) is 14.7. The van der Waals surface area contributed by atoms with E-state index < -0.39 is 5.60 Å². The van der Waals surface area contributed by atoms with Gasteiger partial charge in [-0.3, -0.25) is 10.1 Å². The van der Waals surface area contributed by atoms with Gasteiger partial charge in [0.15, 0.2) is 0 Å². The molecular formula is C14H17N5O2. The molecule has 1 aliphatic rings. The van der Waals surface area contributed by atoms with Gasteiger partial charge in [-0.2, -0.15) is 5.10 Å². The highest BCUT2D eigenvalue weighted by molar-refractivity contribution is 5.92. The fourth-order valence-corrected chi connectivity index (χ4v) is 2.26. The summed E-state index contributed by atoms with van der Waals surface area (Å²) in [5.41, 5.74) is 1.15. The van der Waals surface area contributed by atoms with Gasteiger partial charge >= 0.3 is 6.03 Å². The van der Waals surface area contributed by atoms with Crippen LogP contribution < -0.4 is 10.6 Å². The molecule has 2 aromatic heterocycles. The second kappa shape index (κ2) is 5.53. The quantitative estimate of drug-likeness (QED) is 0.684. The summed E-state index contributed by atoms with van der Waals surface area (Å²) < 4.78 is 0. The van der Waals surface area contributed by atoms with E-state index in [1.807, 2.05) is 18.2 Å². The number of nitrogens with zero attached hydrogens (tertiary/aromatic N) is 2. The minimum absolute atomic E-state index is 0.260. The fourth-order valence-electron chi connectivity index (χ4n) is 2.26. The van der Waals surface area contributed by atoms with Crippen molar-refractivity contribution in [2.24, 2.45) is 0 Å². The number of carbonyl (C=O) groups is 1. The fraction of sp³-hybridized carbons (Fsp3) is 0.357. The van der Waals surface area contributed by atoms with Gasteiger partial charge in [0.05, 0.1) is 23.2 Å². The molecule has 110 valence electrons. The van der Waals surface area contributed by atoms with Crippen LogP contribution in [0.4, 0.5) is 10.5 Å². The van der Waals surface area contributed by atoms with Crippen molar-refractivity contribution in [3.05, 3.63) is 30.6 Å². The first-order chi connectivity index (χ1) is 10.2. The number of anilines is 1. The van der Waals surface area contributed by atoms with Gasteiger partial charge in [-0.15, -0.1) is 0 Å². The molecule has 0 atom stereocenters. The van der Waals surface area contributed by atoms with Gasteiger partial charge in [0.2, 0.25) is 0 Å². The highest BCUT2D eigenvalue weighted by atomic mass is 16.3. The number of urea groups is 1. The molecule has 0 unspecified atom stereocenters. The molecule has 0 bridgehead atoms. The molecule has 0 radical (unpaired) electrons. The van der Waals surface area contributed by atoms with Gasteiger partial charge in [0, 0.05) is 12.7 Å². The predicted molar refractivity (Wildman–Crippen MR) is 77.6 cm³/mol. The van der Waals surface area contributed by atoms with Crippen molar-refractivity contribution in [2.45, 2.75) is 24.9 Å². The van der Waals surface area contributed by atoms with E-state index in [0.29, 0.717) is 17.1 Å². The van der Waals surface area contributed by atoms with Crippen LogP contribution in [0.15, 0.2) is 30.6 Å². The van der Waals surface area contributed by atoms with Crippen molar-refractivity contribution in [2.75, 3.05) is 11.9 Å². The summed E-state index contributed by atoms with van der Waals surface area (Å²) in [6.45, 7) is 0.260. The smallest absolute Gasteiger partial charge is 0.319 e. The van der Waals surface area contributed by atoms with E-state index in [2.05, 4.69) is 25.8 Å². The number of rotatable bonds is 4. The van der Waals surface area contributed by atoms with E-state index in [1.54, 1.807) is 6.20 Å². The van der Waals surface area contributed by atoms with E-state index in [9.17, 15) is 9.90 Å². The maximum atomic E-state index is 11.9. The summed E-state index contributed by atoms with van der Waals surface area (Å²) in [5, 5.41) is 22.1. The normalized spacial score (nSPS) is 16.0. The summed E-state index contributed by atoms with van der Waals surface area (Å²) in [4.78, 5) is 16.1. The second-order valence-electron chi connectivity index (χ2n) is 5.26. The summed E-state index contributed by atoms with van der Waals surface area (Å²) >= 11 is 0. The van der Waals surface area contributed by atoms with E-state index in [1.165, 1.54) is 6.20 Å². The SMILES string of the molecule is O=C(NCC1(O)CCC1)Nc1cn[nH]c1-c1ccccn1. The molecule has 4 N–H and O–H groups in total. The Morgan fingerprint density at radius 2 is 2.29 bits per heavy atom. The van der Waals surface area contributed by atoms with Crippen LogP contribution in [-0.4, -0.2) is 38.5 Å². The third-order valence-corrected chi connectivity index (χ3v) is 3.67. The zero-order valence-electron chi connectivity index (χ0n) is 11.5. The number of nitrogens with one attached hydrogen (secondary N) is 3. The van der Waals surface area contributed by atoms with Gasteiger partial charge in [0.25, 0.3) is 0 Å². The Kier molecular flexibility index (Phi) is 3.57. The van der Waals surface area contributed by atoms with Crippen molar-refractivity contribution < 1.29 is 9.90 Å². The van der Waals surface area contributed by atoms with Gasteiger partial charge in [-0.25, -0.2) is 4.79 Å². The Hall–Kier alpha value is -2.41. The van der Waals surface area contributed by atoms with Crippen molar-refractivity contribution in [3.8, 4) is 11.4 Å². The van der Waals surface area contributed by atoms with Crippen molar-refractivity contribution in [1.82, 2.24) is 20.5 Å². The number of hydrogen-bond acceptors (Lipinski definition) is 4. The third kappa shape index (κ3) is 3.03. The Balaban J connectivity index is 1.63. The number of hydrogen-bond donors (Lipinski definition) is 4. The highest BCUT2D eigenvalue weighted by Gasteiger charge is 2.34. The molecular weight excluding hydrogens is 270 g/mol. The molecule has 2 amide bonds. The lowest BCUT2D eigenvalue weighted by Crippen LogP contribution is -2.48. The summed E-state index contributed by atoms with van der Waals surface area (Å²) in [7, 11) is 0. The van der Waals surface area contributed by atoms with E-state index in [-0.39, 0.29) is 12.6 Å². The van der Waals surface area contributed by atoms with E-state index >= 15 is 0 Å². The maximum absolute atomic E-state index is 11.9. The number of aromatic nitrogens is 3. The number of amides is 2. The molecule has 0 aliphatic heterocycles. The lowest BCUT2D eigenvalue weighted by molar-refractivity contribution is -0.0287. The number of carbonyl (C=O) groups excluding carboxylic acids is 1. The van der Waals surface area contributed by atoms with Crippen molar-refractivity contribution in [3.63, 3.8) is 0 Å². The van der Waals surface area contributed by atoms with Crippen LogP contribution in [0.25, 0.3) is 11.4 Å². The molecule has 0 saturated heterocycles. The number of aromatic amines is 1. The molecule has 21 heavy (non-hydrogen) atoms. The molecule has 1 saturated carbocycles. The molecule has 3 rings (SSSR count). The Morgan fingerprint density at radius 1 is 1.43 bits per heavy atom. The van der Waals surface area contributed by atoms with Crippen LogP contribution in [0.5, 0.6) is 0 Å². The van der Waals surface area contributed by atoms with Crippen LogP contribution in [-0.2, 0) is 0 Å². The van der Waals surface area contributed by atoms with Crippen LogP contribution in [0.1, 0.15) is 19.3 Å². The minimum Gasteiger partial charge on any atom is -0.388 e. The van der Waals surface area contributed by atoms with Gasteiger partial charge in [-0.05, 0) is 31.4 Å². The van der Waals surface area contributed by atoms with E-state index in [4.69, 9.17) is 0 Å². The topological polar surface area (TPSA) is 103 Å². The highest BCUT2D eigenvalue weighted by Crippen LogP contribution is 2.30. The summed E-state index contributed by atoms with van der Waals surface area (Å²) in [6.07, 6.45) is 5.68. The first-order valence-electron chi connectivity index (χ1n) is 6.88. The Bertz CT molecular complexity index is 621. The second-order valence-corrected chi connectivity index (χ2v) is 5.26. The predicted octanol–water partition coefficient (Wildman–Crippen LogP) is 1.51. The molecule has 7 nitrogen and oxygen atoms in total. The van der Waals surface area contributed by atoms with Crippen molar-refractivity contribution >= 4 is 11.7 Å². The first kappa shape index (κ1) is 13.6. The maximum Gasteiger partial charge on any atom is 0.319 e. The standard InChI is InChI=1S/C14H17N5O2/c20-13(16-9-14(21)5-3-6-14)18-11-8-17-19-12(11)10-4-1-2-7-15-10/h1-2,4,7-8,21H,3,5-6,9H2,(H,17,19)(H2,16,18,20). The van der Waals surface area contributed by atoms with Crippen LogP contribution >= 0.6 is 0 Å². The van der Waals surface area contributed by atoms with Gasteiger partial charge in [0.1, 0.15) is 5.69 Å². The van der Waals surface area contributed by atoms with Crippen LogP contribution in [0.3, 0.4) is 0 Å². The Morgan fingerprint density at radius 3 is 2.95 bits per heavy atom. The average molecular weight is 287 g/mol. The Labute approximate surface area is 121 Å². The molecule has 1 fully saturated rings. The summed E-state index contributed by atoms with van der Waals surface area (Å²) in [6, 6.07) is 5.14. The first-order valence-corrected chi connectivity index (χ1v) is 6.88.